The molecule has 1 aromatic carbocycles. The lowest BCUT2D eigenvalue weighted by Crippen LogP contribution is -2.26. The summed E-state index contributed by atoms with van der Waals surface area (Å²) in [5.41, 5.74) is 2.13. The van der Waals surface area contributed by atoms with Crippen LogP contribution in [0.1, 0.15) is 26.7 Å². The first-order valence-corrected chi connectivity index (χ1v) is 9.05. The van der Waals surface area contributed by atoms with Crippen molar-refractivity contribution in [2.45, 2.75) is 32.8 Å². The average molecular weight is 383 g/mol. The Hall–Kier alpha value is -3.42. The molecule has 3 aromatic rings. The minimum Gasteiger partial charge on any atom is -0.479 e. The van der Waals surface area contributed by atoms with E-state index in [-0.39, 0.29) is 11.7 Å². The molecule has 8 nitrogen and oxygen atoms in total. The Balaban J connectivity index is 1.69. The Kier molecular flexibility index (Phi) is 5.88. The Morgan fingerprint density at radius 3 is 2.64 bits per heavy atom. The van der Waals surface area contributed by atoms with Crippen LogP contribution in [0.4, 0.5) is 5.69 Å². The van der Waals surface area contributed by atoms with Gasteiger partial charge in [0.2, 0.25) is 0 Å². The van der Waals surface area contributed by atoms with Gasteiger partial charge in [0, 0.05) is 17.8 Å². The van der Waals surface area contributed by atoms with E-state index in [0.717, 1.165) is 18.4 Å². The normalized spacial score (nSPS) is 11.9. The lowest BCUT2D eigenvalue weighted by Gasteiger charge is -2.14. The number of pyridine rings is 1. The zero-order chi connectivity index (χ0) is 20.1. The van der Waals surface area contributed by atoms with Gasteiger partial charge in [0.1, 0.15) is 11.4 Å². The molecule has 0 fully saturated rings. The minimum atomic E-state index is -0.696. The van der Waals surface area contributed by atoms with Crippen LogP contribution in [0.25, 0.3) is 16.9 Å². The maximum absolute atomic E-state index is 11.9. The zero-order valence-electron chi connectivity index (χ0n) is 15.7. The second-order valence-corrected chi connectivity index (χ2v) is 6.34. The van der Waals surface area contributed by atoms with E-state index in [0.29, 0.717) is 23.7 Å². The van der Waals surface area contributed by atoms with E-state index < -0.39 is 11.0 Å². The molecule has 0 spiro atoms. The van der Waals surface area contributed by atoms with Crippen LogP contribution in [0.5, 0.6) is 5.75 Å². The number of hydrogen-bond donors (Lipinski definition) is 0. The number of hydrogen-bond acceptors (Lipinski definition) is 6. The van der Waals surface area contributed by atoms with Gasteiger partial charge in [-0.05, 0) is 43.7 Å². The summed E-state index contributed by atoms with van der Waals surface area (Å²) in [5.74, 6) is 0.155. The summed E-state index contributed by atoms with van der Waals surface area (Å²) >= 11 is 0. The molecule has 0 amide bonds. The number of nitro groups is 1. The lowest BCUT2D eigenvalue weighted by molar-refractivity contribution is -0.385. The maximum Gasteiger partial charge on any atom is 0.347 e. The summed E-state index contributed by atoms with van der Waals surface area (Å²) in [6.45, 7) is 4.07. The number of nitrogens with zero attached hydrogens (tertiary/aromatic N) is 3. The van der Waals surface area contributed by atoms with Crippen LogP contribution in [0.15, 0.2) is 48.8 Å². The second kappa shape index (κ2) is 8.51. The molecule has 3 rings (SSSR count). The van der Waals surface area contributed by atoms with Gasteiger partial charge in [0.25, 0.3) is 5.69 Å². The first kappa shape index (κ1) is 19.3. The molecule has 0 aliphatic rings. The van der Waals surface area contributed by atoms with Gasteiger partial charge in [0.15, 0.2) is 6.10 Å². The van der Waals surface area contributed by atoms with Gasteiger partial charge in [-0.15, -0.1) is 0 Å². The van der Waals surface area contributed by atoms with Gasteiger partial charge < -0.3 is 9.47 Å². The number of carbonyl (C=O) groups is 1. The number of aromatic nitrogens is 2. The molecule has 0 aliphatic carbocycles. The lowest BCUT2D eigenvalue weighted by atomic mass is 10.1. The largest absolute Gasteiger partial charge is 0.479 e. The molecule has 1 unspecified atom stereocenters. The second-order valence-electron chi connectivity index (χ2n) is 6.34. The molecule has 0 bridgehead atoms. The smallest absolute Gasteiger partial charge is 0.347 e. The molecule has 1 atom stereocenters. The van der Waals surface area contributed by atoms with Crippen LogP contribution in [0, 0.1) is 10.1 Å². The third-order valence-corrected chi connectivity index (χ3v) is 4.18. The van der Waals surface area contributed by atoms with E-state index in [1.54, 1.807) is 35.7 Å². The molecule has 0 saturated heterocycles. The highest BCUT2D eigenvalue weighted by molar-refractivity contribution is 5.74. The number of imidazole rings is 1. The van der Waals surface area contributed by atoms with E-state index in [1.165, 1.54) is 12.3 Å². The molecule has 0 N–H and O–H groups in total. The topological polar surface area (TPSA) is 96.0 Å². The summed E-state index contributed by atoms with van der Waals surface area (Å²) in [5, 5.41) is 10.9. The van der Waals surface area contributed by atoms with Crippen molar-refractivity contribution in [1.29, 1.82) is 0 Å². The highest BCUT2D eigenvalue weighted by Gasteiger charge is 2.16. The monoisotopic (exact) mass is 383 g/mol. The molecule has 0 saturated carbocycles. The van der Waals surface area contributed by atoms with Gasteiger partial charge in [-0.2, -0.15) is 0 Å². The van der Waals surface area contributed by atoms with E-state index >= 15 is 0 Å². The van der Waals surface area contributed by atoms with Crippen molar-refractivity contribution in [1.82, 2.24) is 9.38 Å². The summed E-state index contributed by atoms with van der Waals surface area (Å²) < 4.78 is 12.4. The van der Waals surface area contributed by atoms with Gasteiger partial charge in [-0.1, -0.05) is 13.3 Å². The van der Waals surface area contributed by atoms with E-state index in [2.05, 4.69) is 4.98 Å². The van der Waals surface area contributed by atoms with Crippen molar-refractivity contribution >= 4 is 17.3 Å². The molecule has 2 aromatic heterocycles. The van der Waals surface area contributed by atoms with Crippen molar-refractivity contribution in [3.05, 3.63) is 58.9 Å². The summed E-state index contributed by atoms with van der Waals surface area (Å²) in [6.07, 6.45) is 4.25. The molecular formula is C20H21N3O5. The van der Waals surface area contributed by atoms with E-state index in [1.807, 2.05) is 19.1 Å². The molecule has 8 heteroatoms. The van der Waals surface area contributed by atoms with Crippen LogP contribution in [0.3, 0.4) is 0 Å². The van der Waals surface area contributed by atoms with Gasteiger partial charge >= 0.3 is 5.97 Å². The predicted octanol–water partition coefficient (Wildman–Crippen LogP) is 4.02. The Labute approximate surface area is 161 Å². The quantitative estimate of drug-likeness (QED) is 0.252. The fraction of sp³-hybridized carbons (Fsp3) is 0.300. The molecule has 146 valence electrons. The maximum atomic E-state index is 11.9. The van der Waals surface area contributed by atoms with Crippen molar-refractivity contribution in [3.8, 4) is 17.0 Å². The van der Waals surface area contributed by atoms with Crippen molar-refractivity contribution < 1.29 is 19.2 Å². The fourth-order valence-corrected chi connectivity index (χ4v) is 2.62. The molecule has 0 aliphatic heterocycles. The van der Waals surface area contributed by atoms with Crippen LogP contribution in [0.2, 0.25) is 0 Å². The number of carbonyl (C=O) groups excluding carboxylic acids is 1. The molecule has 0 radical (unpaired) electrons. The van der Waals surface area contributed by atoms with Crippen molar-refractivity contribution in [3.63, 3.8) is 0 Å². The minimum absolute atomic E-state index is 0.00000771. The standard InChI is InChI=1S/C20H21N3O5/c1-3-4-11-27-20(24)14(2)28-17-8-5-15(6-9-17)18-13-22-12-16(23(25)26)7-10-19(22)21-18/h5-10,12-14H,3-4,11H2,1-2H3. The highest BCUT2D eigenvalue weighted by Crippen LogP contribution is 2.24. The number of fused-ring (bicyclic) bond motifs is 1. The predicted molar refractivity (Wildman–Crippen MR) is 103 cm³/mol. The Morgan fingerprint density at radius 1 is 1.21 bits per heavy atom. The SMILES string of the molecule is CCCCOC(=O)C(C)Oc1ccc(-c2cn3cc([N+](=O)[O-])ccc3n2)cc1. The molecular weight excluding hydrogens is 362 g/mol. The highest BCUT2D eigenvalue weighted by atomic mass is 16.6. The van der Waals surface area contributed by atoms with Gasteiger partial charge in [0.05, 0.1) is 23.4 Å². The van der Waals surface area contributed by atoms with Crippen LogP contribution >= 0.6 is 0 Å². The van der Waals surface area contributed by atoms with Crippen molar-refractivity contribution in [2.24, 2.45) is 0 Å². The zero-order valence-corrected chi connectivity index (χ0v) is 15.7. The van der Waals surface area contributed by atoms with Crippen LogP contribution in [-0.4, -0.2) is 33.0 Å². The van der Waals surface area contributed by atoms with Gasteiger partial charge in [-0.25, -0.2) is 9.78 Å². The Morgan fingerprint density at radius 2 is 1.96 bits per heavy atom. The number of esters is 1. The van der Waals surface area contributed by atoms with E-state index in [4.69, 9.17) is 9.47 Å². The fourth-order valence-electron chi connectivity index (χ4n) is 2.62. The Bertz CT molecular complexity index is 981. The molecule has 28 heavy (non-hydrogen) atoms. The third-order valence-electron chi connectivity index (χ3n) is 4.18. The van der Waals surface area contributed by atoms with Crippen LogP contribution in [-0.2, 0) is 9.53 Å². The van der Waals surface area contributed by atoms with Crippen LogP contribution < -0.4 is 4.74 Å². The third kappa shape index (κ3) is 4.46. The number of unbranched alkanes of at least 4 members (excludes halogenated alkanes) is 1. The summed E-state index contributed by atoms with van der Waals surface area (Å²) in [7, 11) is 0. The first-order chi connectivity index (χ1) is 13.5. The summed E-state index contributed by atoms with van der Waals surface area (Å²) in [6, 6.07) is 10.2. The van der Waals surface area contributed by atoms with Crippen molar-refractivity contribution in [2.75, 3.05) is 6.61 Å². The van der Waals surface area contributed by atoms with E-state index in [9.17, 15) is 14.9 Å². The average Bonchev–Trinajstić information content (AvgIpc) is 3.11. The number of benzene rings is 1. The first-order valence-electron chi connectivity index (χ1n) is 9.05. The number of rotatable bonds is 8. The van der Waals surface area contributed by atoms with Gasteiger partial charge in [-0.3, -0.25) is 14.5 Å². The molecule has 2 heterocycles. The number of ether oxygens (including phenoxy) is 2. The summed E-state index contributed by atoms with van der Waals surface area (Å²) in [4.78, 5) is 26.8.